The summed E-state index contributed by atoms with van der Waals surface area (Å²) in [7, 11) is 0. The molecule has 0 spiro atoms. The molecule has 148 valence electrons. The molecule has 1 amide bonds. The van der Waals surface area contributed by atoms with Gasteiger partial charge >= 0.3 is 6.09 Å². The van der Waals surface area contributed by atoms with Crippen LogP contribution >= 0.6 is 0 Å². The lowest BCUT2D eigenvalue weighted by Crippen LogP contribution is -2.28. The zero-order valence-corrected chi connectivity index (χ0v) is 17.5. The Bertz CT molecular complexity index is 348. The Hall–Kier alpha value is -0.730. The smallest absolute Gasteiger partial charge is 0.407 e. The first-order valence-corrected chi connectivity index (χ1v) is 10.9. The van der Waals surface area contributed by atoms with Crippen molar-refractivity contribution in [2.75, 3.05) is 6.54 Å². The standard InChI is InChI=1S/C22H43NO2/c1-6-9-19(10-8-15-23-22(24)25-17(3)4)16-20-11-13-21(14-12-20)18(5)7-2/h17-21H,6-16H2,1-5H3,(H,23,24). The van der Waals surface area contributed by atoms with Crippen molar-refractivity contribution in [3.63, 3.8) is 0 Å². The predicted molar refractivity (Wildman–Crippen MR) is 107 cm³/mol. The second-order valence-electron chi connectivity index (χ2n) is 8.58. The number of nitrogens with one attached hydrogen (secondary N) is 1. The maximum Gasteiger partial charge on any atom is 0.407 e. The maximum absolute atomic E-state index is 11.5. The average molecular weight is 354 g/mol. The van der Waals surface area contributed by atoms with E-state index in [1.807, 2.05) is 13.8 Å². The molecule has 0 aliphatic heterocycles. The lowest BCUT2D eigenvalue weighted by Gasteiger charge is -2.33. The van der Waals surface area contributed by atoms with Crippen molar-refractivity contribution in [3.8, 4) is 0 Å². The third-order valence-electron chi connectivity index (χ3n) is 6.10. The molecule has 2 unspecified atom stereocenters. The highest BCUT2D eigenvalue weighted by atomic mass is 16.6. The molecule has 3 nitrogen and oxygen atoms in total. The molecule has 0 bridgehead atoms. The van der Waals surface area contributed by atoms with E-state index in [0.29, 0.717) is 0 Å². The Labute approximate surface area is 156 Å². The number of ether oxygens (including phenoxy) is 1. The molecule has 1 aliphatic carbocycles. The fraction of sp³-hybridized carbons (Fsp3) is 0.955. The van der Waals surface area contributed by atoms with Crippen LogP contribution in [0, 0.1) is 23.7 Å². The van der Waals surface area contributed by atoms with Crippen LogP contribution in [0.15, 0.2) is 0 Å². The van der Waals surface area contributed by atoms with Crippen molar-refractivity contribution in [2.24, 2.45) is 23.7 Å². The summed E-state index contributed by atoms with van der Waals surface area (Å²) in [5, 5.41) is 2.88. The zero-order chi connectivity index (χ0) is 18.7. The van der Waals surface area contributed by atoms with Crippen LogP contribution in [-0.4, -0.2) is 18.7 Å². The van der Waals surface area contributed by atoms with Gasteiger partial charge in [0.15, 0.2) is 0 Å². The van der Waals surface area contributed by atoms with E-state index in [0.717, 1.165) is 36.6 Å². The lowest BCUT2D eigenvalue weighted by atomic mass is 9.72. The van der Waals surface area contributed by atoms with Gasteiger partial charge in [-0.1, -0.05) is 52.9 Å². The third kappa shape index (κ3) is 9.51. The third-order valence-corrected chi connectivity index (χ3v) is 6.10. The monoisotopic (exact) mass is 353 g/mol. The highest BCUT2D eigenvalue weighted by Gasteiger charge is 2.26. The summed E-state index contributed by atoms with van der Waals surface area (Å²) in [5.74, 6) is 3.65. The SMILES string of the molecule is CCCC(CCCNC(=O)OC(C)C)CC1CCC(C(C)CC)CC1. The van der Waals surface area contributed by atoms with Crippen molar-refractivity contribution in [3.05, 3.63) is 0 Å². The fourth-order valence-corrected chi connectivity index (χ4v) is 4.42. The van der Waals surface area contributed by atoms with Gasteiger partial charge < -0.3 is 10.1 Å². The van der Waals surface area contributed by atoms with E-state index in [4.69, 9.17) is 4.74 Å². The fourth-order valence-electron chi connectivity index (χ4n) is 4.42. The average Bonchev–Trinajstić information content (AvgIpc) is 2.58. The molecule has 1 saturated carbocycles. The van der Waals surface area contributed by atoms with Gasteiger partial charge in [-0.25, -0.2) is 4.79 Å². The van der Waals surface area contributed by atoms with Crippen molar-refractivity contribution < 1.29 is 9.53 Å². The van der Waals surface area contributed by atoms with Crippen LogP contribution in [0.4, 0.5) is 4.79 Å². The Morgan fingerprint density at radius 3 is 2.32 bits per heavy atom. The molecule has 0 aromatic heterocycles. The van der Waals surface area contributed by atoms with E-state index in [1.165, 1.54) is 57.8 Å². The summed E-state index contributed by atoms with van der Waals surface area (Å²) in [4.78, 5) is 11.5. The minimum atomic E-state index is -0.273. The van der Waals surface area contributed by atoms with Crippen LogP contribution in [0.3, 0.4) is 0 Å². The largest absolute Gasteiger partial charge is 0.447 e. The highest BCUT2D eigenvalue weighted by Crippen LogP contribution is 2.38. The van der Waals surface area contributed by atoms with E-state index in [2.05, 4.69) is 26.1 Å². The van der Waals surface area contributed by atoms with Crippen molar-refractivity contribution in [1.82, 2.24) is 5.32 Å². The molecule has 0 aromatic rings. The van der Waals surface area contributed by atoms with Gasteiger partial charge in [0.25, 0.3) is 0 Å². The summed E-state index contributed by atoms with van der Waals surface area (Å²) >= 11 is 0. The van der Waals surface area contributed by atoms with E-state index >= 15 is 0 Å². The van der Waals surface area contributed by atoms with Gasteiger partial charge in [0.1, 0.15) is 0 Å². The Morgan fingerprint density at radius 2 is 1.76 bits per heavy atom. The molecular weight excluding hydrogens is 310 g/mol. The Kier molecular flexibility index (Phi) is 11.2. The summed E-state index contributed by atoms with van der Waals surface area (Å²) < 4.78 is 5.11. The molecule has 3 heteroatoms. The van der Waals surface area contributed by atoms with Crippen LogP contribution < -0.4 is 5.32 Å². The Balaban J connectivity index is 2.25. The number of amides is 1. The molecule has 1 rings (SSSR count). The quantitative estimate of drug-likeness (QED) is 0.427. The summed E-state index contributed by atoms with van der Waals surface area (Å²) in [6, 6.07) is 0. The highest BCUT2D eigenvalue weighted by molar-refractivity contribution is 5.67. The minimum Gasteiger partial charge on any atom is -0.447 e. The molecule has 1 aliphatic rings. The maximum atomic E-state index is 11.5. The van der Waals surface area contributed by atoms with Gasteiger partial charge in [-0.2, -0.15) is 0 Å². The molecule has 25 heavy (non-hydrogen) atoms. The summed E-state index contributed by atoms with van der Waals surface area (Å²) in [5.41, 5.74) is 0. The van der Waals surface area contributed by atoms with Crippen molar-refractivity contribution in [1.29, 1.82) is 0 Å². The first kappa shape index (κ1) is 22.3. The number of hydrogen-bond acceptors (Lipinski definition) is 2. The van der Waals surface area contributed by atoms with E-state index < -0.39 is 0 Å². The van der Waals surface area contributed by atoms with E-state index in [-0.39, 0.29) is 12.2 Å². The topological polar surface area (TPSA) is 38.3 Å². The number of carbonyl (C=O) groups excluding carboxylic acids is 1. The molecule has 1 N–H and O–H groups in total. The van der Waals surface area contributed by atoms with Gasteiger partial charge in [0, 0.05) is 6.54 Å². The first-order chi connectivity index (χ1) is 12.0. The van der Waals surface area contributed by atoms with E-state index in [1.54, 1.807) is 0 Å². The van der Waals surface area contributed by atoms with Crippen LogP contribution in [0.5, 0.6) is 0 Å². The molecule has 0 aromatic carbocycles. The van der Waals surface area contributed by atoms with Crippen LogP contribution in [0.1, 0.15) is 98.8 Å². The van der Waals surface area contributed by atoms with Crippen LogP contribution in [0.25, 0.3) is 0 Å². The molecule has 0 saturated heterocycles. The summed E-state index contributed by atoms with van der Waals surface area (Å²) in [6.45, 7) is 11.6. The number of carbonyl (C=O) groups is 1. The van der Waals surface area contributed by atoms with Crippen LogP contribution in [0.2, 0.25) is 0 Å². The molecular formula is C22H43NO2. The molecule has 0 radical (unpaired) electrons. The number of hydrogen-bond donors (Lipinski definition) is 1. The molecule has 2 atom stereocenters. The van der Waals surface area contributed by atoms with Crippen molar-refractivity contribution >= 4 is 6.09 Å². The lowest BCUT2D eigenvalue weighted by molar-refractivity contribution is 0.115. The van der Waals surface area contributed by atoms with Crippen LogP contribution in [-0.2, 0) is 4.74 Å². The second kappa shape index (κ2) is 12.6. The molecule has 0 heterocycles. The summed E-state index contributed by atoms with van der Waals surface area (Å²) in [6.07, 6.45) is 13.1. The van der Waals surface area contributed by atoms with Gasteiger partial charge in [-0.05, 0) is 69.6 Å². The van der Waals surface area contributed by atoms with E-state index in [9.17, 15) is 4.79 Å². The second-order valence-corrected chi connectivity index (χ2v) is 8.58. The zero-order valence-electron chi connectivity index (χ0n) is 17.5. The van der Waals surface area contributed by atoms with Gasteiger partial charge in [0.05, 0.1) is 6.10 Å². The molecule has 1 fully saturated rings. The first-order valence-electron chi connectivity index (χ1n) is 10.9. The normalized spacial score (nSPS) is 23.3. The number of rotatable bonds is 11. The van der Waals surface area contributed by atoms with Gasteiger partial charge in [-0.15, -0.1) is 0 Å². The minimum absolute atomic E-state index is 0.0432. The number of alkyl carbamates (subject to hydrolysis) is 1. The predicted octanol–water partition coefficient (Wildman–Crippen LogP) is 6.56. The Morgan fingerprint density at radius 1 is 1.08 bits per heavy atom. The van der Waals surface area contributed by atoms with Crippen molar-refractivity contribution in [2.45, 2.75) is 105 Å². The van der Waals surface area contributed by atoms with Gasteiger partial charge in [0.2, 0.25) is 0 Å². The van der Waals surface area contributed by atoms with Gasteiger partial charge in [-0.3, -0.25) is 0 Å².